The van der Waals surface area contributed by atoms with Crippen molar-refractivity contribution in [2.75, 3.05) is 0 Å². The number of nitrogens with zero attached hydrogens (tertiary/aromatic N) is 4. The van der Waals surface area contributed by atoms with Crippen LogP contribution in [0, 0.1) is 6.92 Å². The van der Waals surface area contributed by atoms with Gasteiger partial charge in [0.15, 0.2) is 5.69 Å². The molecule has 0 bridgehead atoms. The van der Waals surface area contributed by atoms with Crippen LogP contribution in [-0.2, 0) is 19.4 Å². The van der Waals surface area contributed by atoms with Crippen molar-refractivity contribution >= 4 is 39.9 Å². The number of imidazole rings is 1. The van der Waals surface area contributed by atoms with Gasteiger partial charge in [-0.05, 0) is 43.9 Å². The second-order valence-electron chi connectivity index (χ2n) is 7.00. The number of carbonyl (C=O) groups is 1. The molecule has 1 aromatic carbocycles. The number of hydrogen-bond donors (Lipinski definition) is 2. The zero-order valence-electron chi connectivity index (χ0n) is 16.5. The van der Waals surface area contributed by atoms with Crippen LogP contribution in [0.4, 0.5) is 0 Å². The molecule has 1 amide bonds. The van der Waals surface area contributed by atoms with Crippen molar-refractivity contribution in [1.29, 1.82) is 0 Å². The van der Waals surface area contributed by atoms with Crippen LogP contribution in [0.5, 0.6) is 0 Å². The Morgan fingerprint density at radius 1 is 1.13 bits per heavy atom. The minimum Gasteiger partial charge on any atom is -0.343 e. The quantitative estimate of drug-likeness (QED) is 0.399. The topological polar surface area (TPSA) is 96.5 Å². The third-order valence-electron chi connectivity index (χ3n) is 4.58. The van der Waals surface area contributed by atoms with Gasteiger partial charge in [-0.25, -0.2) is 19.9 Å². The zero-order valence-corrected chi connectivity index (χ0v) is 18.1. The summed E-state index contributed by atoms with van der Waals surface area (Å²) in [6.07, 6.45) is 7.00. The van der Waals surface area contributed by atoms with E-state index in [1.54, 1.807) is 12.4 Å². The molecule has 4 rings (SSSR count). The predicted molar refractivity (Wildman–Crippen MR) is 118 cm³/mol. The number of nitrogens with one attached hydrogen (secondary N) is 2. The van der Waals surface area contributed by atoms with Crippen molar-refractivity contribution in [2.24, 2.45) is 0 Å². The maximum atomic E-state index is 12.4. The summed E-state index contributed by atoms with van der Waals surface area (Å²) in [4.78, 5) is 33.1. The Morgan fingerprint density at radius 3 is 2.70 bits per heavy atom. The minimum atomic E-state index is -0.311. The molecule has 154 valence electrons. The molecule has 0 saturated carbocycles. The summed E-state index contributed by atoms with van der Waals surface area (Å²) in [5.74, 6) is 1.23. The van der Waals surface area contributed by atoms with Crippen LogP contribution in [0.25, 0.3) is 11.0 Å². The molecule has 30 heavy (non-hydrogen) atoms. The highest BCUT2D eigenvalue weighted by molar-refractivity contribution is 7.16. The van der Waals surface area contributed by atoms with Crippen LogP contribution < -0.4 is 5.32 Å². The monoisotopic (exact) mass is 440 g/mol. The predicted octanol–water partition coefficient (Wildman–Crippen LogP) is 4.27. The number of thiazole rings is 1. The van der Waals surface area contributed by atoms with E-state index in [2.05, 4.69) is 30.2 Å². The summed E-state index contributed by atoms with van der Waals surface area (Å²) in [6.45, 7) is 2.15. The lowest BCUT2D eigenvalue weighted by atomic mass is 10.2. The van der Waals surface area contributed by atoms with Crippen LogP contribution in [0.3, 0.4) is 0 Å². The fraction of sp³-hybridized carbons (Fsp3) is 0.286. The number of hydrogen-bond acceptors (Lipinski definition) is 6. The third kappa shape index (κ3) is 5.01. The molecule has 7 nitrogen and oxygen atoms in total. The maximum absolute atomic E-state index is 12.4. The first-order valence-electron chi connectivity index (χ1n) is 9.73. The molecule has 2 N–H and O–H groups in total. The second kappa shape index (κ2) is 9.32. The highest BCUT2D eigenvalue weighted by Gasteiger charge is 2.17. The minimum absolute atomic E-state index is 0.236. The summed E-state index contributed by atoms with van der Waals surface area (Å²) in [7, 11) is 0. The van der Waals surface area contributed by atoms with Gasteiger partial charge in [0.2, 0.25) is 0 Å². The molecule has 0 aliphatic carbocycles. The largest absolute Gasteiger partial charge is 0.343 e. The fourth-order valence-electron chi connectivity index (χ4n) is 3.04. The van der Waals surface area contributed by atoms with Gasteiger partial charge in [-0.15, -0.1) is 11.3 Å². The lowest BCUT2D eigenvalue weighted by Crippen LogP contribution is -2.24. The summed E-state index contributed by atoms with van der Waals surface area (Å²) in [5.41, 5.74) is 3.29. The summed E-state index contributed by atoms with van der Waals surface area (Å²) in [5, 5.41) is 3.64. The fourth-order valence-corrected chi connectivity index (χ4v) is 4.26. The lowest BCUT2D eigenvalue weighted by molar-refractivity contribution is 0.0945. The number of para-hydroxylation sites is 2. The van der Waals surface area contributed by atoms with Crippen molar-refractivity contribution in [3.05, 3.63) is 68.9 Å². The molecular weight excluding hydrogens is 420 g/mol. The van der Waals surface area contributed by atoms with Gasteiger partial charge in [-0.1, -0.05) is 23.7 Å². The highest BCUT2D eigenvalue weighted by Crippen LogP contribution is 2.25. The first-order valence-corrected chi connectivity index (χ1v) is 10.9. The number of H-pyrrole nitrogens is 1. The number of benzene rings is 1. The van der Waals surface area contributed by atoms with Crippen molar-refractivity contribution in [3.8, 4) is 0 Å². The van der Waals surface area contributed by atoms with Gasteiger partial charge in [0.1, 0.15) is 16.0 Å². The summed E-state index contributed by atoms with van der Waals surface area (Å²) in [6, 6.07) is 8.02. The van der Waals surface area contributed by atoms with Crippen LogP contribution in [0.2, 0.25) is 4.34 Å². The number of aromatic nitrogens is 5. The molecule has 0 atom stereocenters. The summed E-state index contributed by atoms with van der Waals surface area (Å²) >= 11 is 7.60. The molecule has 3 heterocycles. The first-order chi connectivity index (χ1) is 14.6. The highest BCUT2D eigenvalue weighted by atomic mass is 35.5. The number of carbonyl (C=O) groups excluding carboxylic acids is 1. The van der Waals surface area contributed by atoms with Gasteiger partial charge in [-0.2, -0.15) is 0 Å². The molecular formula is C21H21ClN6OS. The molecule has 0 radical (unpaired) electrons. The first kappa shape index (κ1) is 20.4. The van der Waals surface area contributed by atoms with Crippen molar-refractivity contribution in [3.63, 3.8) is 0 Å². The third-order valence-corrected chi connectivity index (χ3v) is 5.89. The van der Waals surface area contributed by atoms with E-state index in [4.69, 9.17) is 11.6 Å². The Labute approximate surface area is 183 Å². The average Bonchev–Trinajstić information content (AvgIpc) is 3.33. The normalized spacial score (nSPS) is 11.1. The van der Waals surface area contributed by atoms with Gasteiger partial charge in [0, 0.05) is 18.8 Å². The van der Waals surface area contributed by atoms with E-state index in [-0.39, 0.29) is 18.1 Å². The number of aryl methyl sites for hydroxylation is 3. The van der Waals surface area contributed by atoms with Crippen LogP contribution in [0.15, 0.2) is 36.7 Å². The van der Waals surface area contributed by atoms with E-state index < -0.39 is 0 Å². The Kier molecular flexibility index (Phi) is 6.35. The van der Waals surface area contributed by atoms with E-state index >= 15 is 0 Å². The number of halogens is 1. The average molecular weight is 441 g/mol. The number of rotatable bonds is 8. The molecule has 4 aromatic rings. The molecule has 9 heteroatoms. The second-order valence-corrected chi connectivity index (χ2v) is 8.68. The number of unbranched alkanes of at least 4 members (excludes halogenated alkanes) is 1. The van der Waals surface area contributed by atoms with E-state index in [0.29, 0.717) is 10.2 Å². The molecule has 0 saturated heterocycles. The van der Waals surface area contributed by atoms with Crippen molar-refractivity contribution in [1.82, 2.24) is 30.2 Å². The molecule has 0 aliphatic heterocycles. The van der Waals surface area contributed by atoms with E-state index in [9.17, 15) is 4.79 Å². The van der Waals surface area contributed by atoms with Crippen molar-refractivity contribution < 1.29 is 4.79 Å². The molecule has 0 spiro atoms. The molecule has 0 unspecified atom stereocenters. The smallest absolute Gasteiger partial charge is 0.272 e. The van der Waals surface area contributed by atoms with Gasteiger partial charge in [-0.3, -0.25) is 4.79 Å². The lowest BCUT2D eigenvalue weighted by Gasteiger charge is -2.02. The maximum Gasteiger partial charge on any atom is 0.272 e. The van der Waals surface area contributed by atoms with Gasteiger partial charge >= 0.3 is 0 Å². The number of amides is 1. The van der Waals surface area contributed by atoms with Crippen LogP contribution in [-0.4, -0.2) is 30.8 Å². The van der Waals surface area contributed by atoms with E-state index in [1.165, 1.54) is 11.3 Å². The van der Waals surface area contributed by atoms with Gasteiger partial charge < -0.3 is 10.3 Å². The Bertz CT molecular complexity index is 1120. The number of aromatic amines is 1. The van der Waals surface area contributed by atoms with E-state index in [1.807, 2.05) is 31.2 Å². The molecule has 3 aromatic heterocycles. The SMILES string of the molecule is Cc1cnc(CNC(=O)c2nc(CCCCc3nc4ccccc4[nH]3)sc2Cl)nc1. The Hall–Kier alpha value is -2.84. The standard InChI is InChI=1S/C21H21ClN6OS/c1-13-10-23-17(24-11-13)12-25-21(29)19-20(22)30-18(28-19)9-5-4-8-16-26-14-6-2-3-7-15(14)27-16/h2-3,6-7,10-11H,4-5,8-9,12H2,1H3,(H,25,29)(H,26,27). The van der Waals surface area contributed by atoms with Crippen LogP contribution >= 0.6 is 22.9 Å². The molecule has 0 fully saturated rings. The Morgan fingerprint density at radius 2 is 1.90 bits per heavy atom. The number of fused-ring (bicyclic) bond motifs is 1. The zero-order chi connectivity index (χ0) is 20.9. The van der Waals surface area contributed by atoms with Crippen LogP contribution in [0.1, 0.15) is 45.5 Å². The van der Waals surface area contributed by atoms with E-state index in [0.717, 1.165) is 53.1 Å². The summed E-state index contributed by atoms with van der Waals surface area (Å²) < 4.78 is 0.407. The van der Waals surface area contributed by atoms with Gasteiger partial charge in [0.25, 0.3) is 5.91 Å². The van der Waals surface area contributed by atoms with Gasteiger partial charge in [0.05, 0.1) is 22.6 Å². The molecule has 0 aliphatic rings. The Balaban J connectivity index is 1.26. The van der Waals surface area contributed by atoms with Crippen molar-refractivity contribution in [2.45, 2.75) is 39.2 Å².